The van der Waals surface area contributed by atoms with E-state index in [0.717, 1.165) is 34.8 Å². The quantitative estimate of drug-likeness (QED) is 0.527. The summed E-state index contributed by atoms with van der Waals surface area (Å²) in [6.07, 6.45) is 1.83. The number of hydrogen-bond donors (Lipinski definition) is 0. The zero-order valence-corrected chi connectivity index (χ0v) is 17.4. The van der Waals surface area contributed by atoms with Crippen molar-refractivity contribution in [1.82, 2.24) is 9.27 Å². The van der Waals surface area contributed by atoms with Gasteiger partial charge in [0, 0.05) is 30.5 Å². The molecule has 0 unspecified atom stereocenters. The van der Waals surface area contributed by atoms with E-state index in [1.165, 1.54) is 11.5 Å². The molecule has 0 aliphatic rings. The van der Waals surface area contributed by atoms with E-state index in [1.807, 2.05) is 65.0 Å². The Hall–Kier alpha value is -2.39. The fourth-order valence-corrected chi connectivity index (χ4v) is 3.22. The van der Waals surface area contributed by atoms with E-state index in [9.17, 15) is 5.26 Å². The van der Waals surface area contributed by atoms with E-state index in [1.54, 1.807) is 0 Å². The smallest absolute Gasteiger partial charge is 0.218 e. The summed E-state index contributed by atoms with van der Waals surface area (Å²) in [7, 11) is 1.99. The Balaban J connectivity index is 2.35. The topological polar surface area (TPSA) is 61.5 Å². The minimum atomic E-state index is -0.196. The summed E-state index contributed by atoms with van der Waals surface area (Å²) in [5.41, 5.74) is 4.00. The highest BCUT2D eigenvalue weighted by molar-refractivity contribution is 7.08. The van der Waals surface area contributed by atoms with Crippen LogP contribution in [0.4, 0.5) is 5.69 Å². The molecule has 2 rings (SSSR count). The molecule has 2 aromatic rings. The molecule has 0 fully saturated rings. The van der Waals surface area contributed by atoms with Gasteiger partial charge in [-0.3, -0.25) is 0 Å². The Morgan fingerprint density at radius 2 is 2.00 bits per heavy atom. The van der Waals surface area contributed by atoms with Crippen molar-refractivity contribution < 1.29 is 4.74 Å². The van der Waals surface area contributed by atoms with Crippen LogP contribution in [0.15, 0.2) is 17.1 Å². The Morgan fingerprint density at radius 3 is 2.58 bits per heavy atom. The van der Waals surface area contributed by atoms with Crippen LogP contribution < -0.4 is 4.74 Å². The predicted molar refractivity (Wildman–Crippen MR) is 108 cm³/mol. The molecule has 1 heterocycles. The average Bonchev–Trinajstić information content (AvgIpc) is 2.99. The predicted octanol–water partition coefficient (Wildman–Crippen LogP) is 5.33. The number of aromatic nitrogens is 1. The first-order valence-electron chi connectivity index (χ1n) is 8.61. The summed E-state index contributed by atoms with van der Waals surface area (Å²) in [6, 6.07) is 6.22. The van der Waals surface area contributed by atoms with Gasteiger partial charge >= 0.3 is 0 Å². The molecule has 0 aliphatic heterocycles. The minimum absolute atomic E-state index is 0.196. The van der Waals surface area contributed by atoms with Crippen LogP contribution >= 0.6 is 11.5 Å². The molecule has 5 nitrogen and oxygen atoms in total. The van der Waals surface area contributed by atoms with E-state index in [-0.39, 0.29) is 5.41 Å². The van der Waals surface area contributed by atoms with E-state index >= 15 is 0 Å². The van der Waals surface area contributed by atoms with Crippen molar-refractivity contribution in [3.63, 3.8) is 0 Å². The average molecular weight is 371 g/mol. The molecule has 0 aliphatic carbocycles. The third-order valence-electron chi connectivity index (χ3n) is 4.07. The highest BCUT2D eigenvalue weighted by atomic mass is 32.1. The van der Waals surface area contributed by atoms with Gasteiger partial charge < -0.3 is 9.64 Å². The van der Waals surface area contributed by atoms with Crippen LogP contribution in [0.25, 0.3) is 0 Å². The Labute approximate surface area is 160 Å². The standard InChI is InChI=1S/C20H26N4OS/c1-8-24(7)12-22-16-9-14(3)17(10-13(16)2)25-19-15(11-21)18(23-26-19)20(4,5)6/h9-10,12H,8H2,1-7H3/b22-12+. The van der Waals surface area contributed by atoms with Crippen LogP contribution in [-0.4, -0.2) is 29.2 Å². The molecule has 26 heavy (non-hydrogen) atoms. The number of hydrogen-bond acceptors (Lipinski definition) is 5. The summed E-state index contributed by atoms with van der Waals surface area (Å²) >= 11 is 1.23. The first kappa shape index (κ1) is 19.9. The van der Waals surface area contributed by atoms with E-state index in [4.69, 9.17) is 4.74 Å². The second-order valence-electron chi connectivity index (χ2n) is 7.38. The summed E-state index contributed by atoms with van der Waals surface area (Å²) < 4.78 is 10.5. The molecule has 0 spiro atoms. The molecular formula is C20H26N4OS. The number of nitriles is 1. The second kappa shape index (κ2) is 7.88. The summed E-state index contributed by atoms with van der Waals surface area (Å²) in [5.74, 6) is 0.728. The third kappa shape index (κ3) is 4.41. The lowest BCUT2D eigenvalue weighted by Gasteiger charge is -2.15. The normalized spacial score (nSPS) is 11.6. The number of aryl methyl sites for hydroxylation is 2. The molecule has 0 bridgehead atoms. The Bertz CT molecular complexity index is 856. The van der Waals surface area contributed by atoms with Crippen LogP contribution in [0, 0.1) is 25.2 Å². The zero-order valence-electron chi connectivity index (χ0n) is 16.5. The molecule has 138 valence electrons. The van der Waals surface area contributed by atoms with Crippen molar-refractivity contribution in [2.24, 2.45) is 4.99 Å². The number of benzene rings is 1. The van der Waals surface area contributed by atoms with Gasteiger partial charge in [0.25, 0.3) is 0 Å². The van der Waals surface area contributed by atoms with Gasteiger partial charge in [-0.15, -0.1) is 0 Å². The highest BCUT2D eigenvalue weighted by Crippen LogP contribution is 2.38. The van der Waals surface area contributed by atoms with Gasteiger partial charge in [0.1, 0.15) is 17.4 Å². The summed E-state index contributed by atoms with van der Waals surface area (Å²) in [5, 5.41) is 10.1. The van der Waals surface area contributed by atoms with Crippen molar-refractivity contribution >= 4 is 23.6 Å². The fourth-order valence-electron chi connectivity index (χ4n) is 2.32. The van der Waals surface area contributed by atoms with Crippen LogP contribution in [0.1, 0.15) is 50.1 Å². The van der Waals surface area contributed by atoms with E-state index in [2.05, 4.69) is 22.4 Å². The monoisotopic (exact) mass is 370 g/mol. The van der Waals surface area contributed by atoms with Crippen LogP contribution in [-0.2, 0) is 5.41 Å². The van der Waals surface area contributed by atoms with Gasteiger partial charge in [0.05, 0.1) is 17.7 Å². The van der Waals surface area contributed by atoms with E-state index in [0.29, 0.717) is 10.6 Å². The first-order valence-corrected chi connectivity index (χ1v) is 9.38. The van der Waals surface area contributed by atoms with Gasteiger partial charge in [-0.25, -0.2) is 4.99 Å². The summed E-state index contributed by atoms with van der Waals surface area (Å²) in [6.45, 7) is 13.1. The SMILES string of the molecule is CCN(C)/C=N/c1cc(C)c(Oc2snc(C(C)(C)C)c2C#N)cc1C. The van der Waals surface area contributed by atoms with Crippen molar-refractivity contribution in [2.45, 2.75) is 47.0 Å². The number of rotatable bonds is 5. The largest absolute Gasteiger partial charge is 0.443 e. The molecule has 0 saturated carbocycles. The van der Waals surface area contributed by atoms with Crippen LogP contribution in [0.2, 0.25) is 0 Å². The lowest BCUT2D eigenvalue weighted by molar-refractivity contribution is 0.487. The van der Waals surface area contributed by atoms with Crippen molar-refractivity contribution in [3.05, 3.63) is 34.5 Å². The molecule has 0 radical (unpaired) electrons. The first-order chi connectivity index (χ1) is 12.2. The number of aliphatic imine (C=N–C) groups is 1. The third-order valence-corrected chi connectivity index (χ3v) is 4.80. The zero-order chi connectivity index (χ0) is 19.5. The van der Waals surface area contributed by atoms with Crippen molar-refractivity contribution in [1.29, 1.82) is 5.26 Å². The van der Waals surface area contributed by atoms with Crippen LogP contribution in [0.5, 0.6) is 10.8 Å². The number of nitrogens with zero attached hydrogens (tertiary/aromatic N) is 4. The molecule has 0 atom stereocenters. The van der Waals surface area contributed by atoms with Gasteiger partial charge in [0.15, 0.2) is 0 Å². The molecule has 1 aromatic heterocycles. The fraction of sp³-hybridized carbons (Fsp3) is 0.450. The lowest BCUT2D eigenvalue weighted by Crippen LogP contribution is -2.14. The molecule has 0 N–H and O–H groups in total. The Morgan fingerprint density at radius 1 is 1.31 bits per heavy atom. The maximum atomic E-state index is 9.56. The maximum Gasteiger partial charge on any atom is 0.218 e. The lowest BCUT2D eigenvalue weighted by atomic mass is 9.90. The molecular weight excluding hydrogens is 344 g/mol. The van der Waals surface area contributed by atoms with Gasteiger partial charge in [-0.1, -0.05) is 20.8 Å². The van der Waals surface area contributed by atoms with Gasteiger partial charge in [-0.05, 0) is 44.0 Å². The van der Waals surface area contributed by atoms with Crippen LogP contribution in [0.3, 0.4) is 0 Å². The molecule has 6 heteroatoms. The van der Waals surface area contributed by atoms with Gasteiger partial charge in [0.2, 0.25) is 5.06 Å². The number of ether oxygens (including phenoxy) is 1. The minimum Gasteiger partial charge on any atom is -0.443 e. The summed E-state index contributed by atoms with van der Waals surface area (Å²) in [4.78, 5) is 6.56. The van der Waals surface area contributed by atoms with Crippen molar-refractivity contribution in [3.8, 4) is 16.9 Å². The maximum absolute atomic E-state index is 9.56. The molecule has 0 amide bonds. The molecule has 1 aromatic carbocycles. The second-order valence-corrected chi connectivity index (χ2v) is 8.12. The highest BCUT2D eigenvalue weighted by Gasteiger charge is 2.26. The van der Waals surface area contributed by atoms with Crippen molar-refractivity contribution in [2.75, 3.05) is 13.6 Å². The van der Waals surface area contributed by atoms with E-state index < -0.39 is 0 Å². The Kier molecular flexibility index (Phi) is 6.04. The van der Waals surface area contributed by atoms with Gasteiger partial charge in [-0.2, -0.15) is 9.64 Å². The molecule has 0 saturated heterocycles.